The molecule has 2 fully saturated rings. The fourth-order valence-electron chi connectivity index (χ4n) is 3.85. The summed E-state index contributed by atoms with van der Waals surface area (Å²) < 4.78 is 0. The maximum absolute atomic E-state index is 12.5. The number of hydrogen-bond acceptors (Lipinski definition) is 3. The van der Waals surface area contributed by atoms with Crippen LogP contribution in [0.2, 0.25) is 0 Å². The van der Waals surface area contributed by atoms with Gasteiger partial charge in [-0.1, -0.05) is 12.8 Å². The molecule has 2 amide bonds. The minimum absolute atomic E-state index is 0.00425. The largest absolute Gasteiger partial charge is 0.480 e. The van der Waals surface area contributed by atoms with E-state index in [9.17, 15) is 14.7 Å². The number of carbonyl (C=O) groups is 2. The fourth-order valence-corrected chi connectivity index (χ4v) is 3.85. The lowest BCUT2D eigenvalue weighted by Crippen LogP contribution is -2.53. The zero-order valence-corrected chi connectivity index (χ0v) is 13.2. The van der Waals surface area contributed by atoms with Gasteiger partial charge in [-0.05, 0) is 46.2 Å². The van der Waals surface area contributed by atoms with Gasteiger partial charge >= 0.3 is 12.0 Å². The van der Waals surface area contributed by atoms with E-state index in [4.69, 9.17) is 0 Å². The maximum Gasteiger partial charge on any atom is 0.326 e. The number of hydrogen-bond donors (Lipinski definition) is 2. The number of likely N-dealkylation sites (tertiary alicyclic amines) is 1. The first-order valence-electron chi connectivity index (χ1n) is 7.86. The van der Waals surface area contributed by atoms with Gasteiger partial charge in [0.15, 0.2) is 0 Å². The number of rotatable bonds is 4. The first-order valence-corrected chi connectivity index (χ1v) is 7.86. The molecule has 2 N–H and O–H groups in total. The lowest BCUT2D eigenvalue weighted by Gasteiger charge is -2.34. The van der Waals surface area contributed by atoms with E-state index in [1.54, 1.807) is 4.90 Å². The highest BCUT2D eigenvalue weighted by Crippen LogP contribution is 2.39. The van der Waals surface area contributed by atoms with E-state index in [1.165, 1.54) is 0 Å². The third-order valence-corrected chi connectivity index (χ3v) is 4.62. The summed E-state index contributed by atoms with van der Waals surface area (Å²) in [5, 5.41) is 12.4. The second-order valence-corrected chi connectivity index (χ2v) is 6.72. The van der Waals surface area contributed by atoms with Crippen LogP contribution in [0.4, 0.5) is 4.79 Å². The molecule has 1 saturated carbocycles. The van der Waals surface area contributed by atoms with Gasteiger partial charge in [0.25, 0.3) is 0 Å². The van der Waals surface area contributed by atoms with Crippen molar-refractivity contribution < 1.29 is 14.7 Å². The number of aliphatic carboxylic acids is 1. The zero-order chi connectivity index (χ0) is 15.6. The number of urea groups is 1. The summed E-state index contributed by atoms with van der Waals surface area (Å²) >= 11 is 0. The smallest absolute Gasteiger partial charge is 0.326 e. The molecule has 120 valence electrons. The van der Waals surface area contributed by atoms with Gasteiger partial charge in [-0.2, -0.15) is 0 Å². The predicted octanol–water partition coefficient (Wildman–Crippen LogP) is 1.36. The lowest BCUT2D eigenvalue weighted by atomic mass is 9.85. The Kier molecular flexibility index (Phi) is 5.08. The third kappa shape index (κ3) is 3.67. The lowest BCUT2D eigenvalue weighted by molar-refractivity contribution is -0.141. The molecule has 0 aromatic rings. The second kappa shape index (κ2) is 6.64. The van der Waals surface area contributed by atoms with Crippen molar-refractivity contribution in [2.45, 2.75) is 57.2 Å². The predicted molar refractivity (Wildman–Crippen MR) is 80.2 cm³/mol. The van der Waals surface area contributed by atoms with Crippen LogP contribution in [0.3, 0.4) is 0 Å². The van der Waals surface area contributed by atoms with E-state index in [-0.39, 0.29) is 18.1 Å². The molecule has 21 heavy (non-hydrogen) atoms. The van der Waals surface area contributed by atoms with Crippen molar-refractivity contribution in [3.63, 3.8) is 0 Å². The summed E-state index contributed by atoms with van der Waals surface area (Å²) in [6.07, 6.45) is 4.83. The number of amides is 2. The van der Waals surface area contributed by atoms with Crippen molar-refractivity contribution in [3.8, 4) is 0 Å². The number of carbonyl (C=O) groups excluding carboxylic acids is 1. The highest BCUT2D eigenvalue weighted by atomic mass is 16.4. The standard InChI is InChI=1S/C15H27N3O3/c1-10(9-17(2)3)16-15(21)18-12-7-5-4-6-11(12)8-13(18)14(19)20/h10-13H,4-9H2,1-3H3,(H,16,21)(H,19,20). The van der Waals surface area contributed by atoms with Gasteiger partial charge in [-0.25, -0.2) is 9.59 Å². The molecule has 1 saturated heterocycles. The number of nitrogens with one attached hydrogen (secondary N) is 1. The van der Waals surface area contributed by atoms with Crippen LogP contribution in [-0.4, -0.2) is 65.7 Å². The molecule has 2 aliphatic rings. The van der Waals surface area contributed by atoms with Crippen molar-refractivity contribution in [2.24, 2.45) is 5.92 Å². The average Bonchev–Trinajstić information content (AvgIpc) is 2.76. The number of carboxylic acid groups (broad SMARTS) is 1. The third-order valence-electron chi connectivity index (χ3n) is 4.62. The van der Waals surface area contributed by atoms with Crippen LogP contribution in [0.1, 0.15) is 39.0 Å². The Morgan fingerprint density at radius 2 is 2.00 bits per heavy atom. The van der Waals surface area contributed by atoms with Crippen LogP contribution in [0.15, 0.2) is 0 Å². The fraction of sp³-hybridized carbons (Fsp3) is 0.867. The molecule has 2 rings (SSSR count). The highest BCUT2D eigenvalue weighted by molar-refractivity contribution is 5.84. The van der Waals surface area contributed by atoms with Crippen molar-refractivity contribution in [1.82, 2.24) is 15.1 Å². The Bertz CT molecular complexity index is 400. The minimum Gasteiger partial charge on any atom is -0.480 e. The quantitative estimate of drug-likeness (QED) is 0.822. The molecule has 0 bridgehead atoms. The summed E-state index contributed by atoms with van der Waals surface area (Å²) in [6, 6.07) is -0.771. The van der Waals surface area contributed by atoms with Crippen LogP contribution in [0.5, 0.6) is 0 Å². The Morgan fingerprint density at radius 3 is 2.62 bits per heavy atom. The summed E-state index contributed by atoms with van der Waals surface area (Å²) in [7, 11) is 3.91. The molecule has 0 spiro atoms. The van der Waals surface area contributed by atoms with Gasteiger partial charge in [-0.3, -0.25) is 0 Å². The molecular weight excluding hydrogens is 270 g/mol. The van der Waals surface area contributed by atoms with Gasteiger partial charge in [0, 0.05) is 18.6 Å². The Balaban J connectivity index is 2.06. The number of likely N-dealkylation sites (N-methyl/N-ethyl adjacent to an activating group) is 1. The van der Waals surface area contributed by atoms with Crippen LogP contribution in [0, 0.1) is 5.92 Å². The molecule has 1 aliphatic heterocycles. The zero-order valence-electron chi connectivity index (χ0n) is 13.2. The number of nitrogens with zero attached hydrogens (tertiary/aromatic N) is 2. The van der Waals surface area contributed by atoms with Crippen molar-refractivity contribution in [3.05, 3.63) is 0 Å². The molecule has 1 aliphatic carbocycles. The minimum atomic E-state index is -0.875. The molecule has 4 unspecified atom stereocenters. The monoisotopic (exact) mass is 297 g/mol. The molecule has 6 nitrogen and oxygen atoms in total. The van der Waals surface area contributed by atoms with Gasteiger partial charge in [0.05, 0.1) is 0 Å². The Hall–Kier alpha value is -1.30. The van der Waals surface area contributed by atoms with Crippen LogP contribution >= 0.6 is 0 Å². The number of carboxylic acids is 1. The summed E-state index contributed by atoms with van der Waals surface area (Å²) in [4.78, 5) is 27.6. The SMILES string of the molecule is CC(CN(C)C)NC(=O)N1C(C(=O)O)CC2CCCCC21. The van der Waals surface area contributed by atoms with Crippen molar-refractivity contribution in [1.29, 1.82) is 0 Å². The first kappa shape index (κ1) is 16.1. The Morgan fingerprint density at radius 1 is 1.33 bits per heavy atom. The summed E-state index contributed by atoms with van der Waals surface area (Å²) in [5.41, 5.74) is 0. The number of fused-ring (bicyclic) bond motifs is 1. The highest BCUT2D eigenvalue weighted by Gasteiger charge is 2.47. The van der Waals surface area contributed by atoms with Crippen LogP contribution in [0.25, 0.3) is 0 Å². The topological polar surface area (TPSA) is 72.9 Å². The summed E-state index contributed by atoms with van der Waals surface area (Å²) in [6.45, 7) is 2.69. The molecule has 1 heterocycles. The molecule has 0 aromatic heterocycles. The summed E-state index contributed by atoms with van der Waals surface area (Å²) in [5.74, 6) is -0.519. The molecular formula is C15H27N3O3. The van der Waals surface area contributed by atoms with Crippen molar-refractivity contribution >= 4 is 12.0 Å². The van der Waals surface area contributed by atoms with Gasteiger partial charge in [0.1, 0.15) is 6.04 Å². The van der Waals surface area contributed by atoms with Crippen molar-refractivity contribution in [2.75, 3.05) is 20.6 Å². The van der Waals surface area contributed by atoms with Crippen LogP contribution in [-0.2, 0) is 4.79 Å². The van der Waals surface area contributed by atoms with E-state index in [0.29, 0.717) is 12.3 Å². The van der Waals surface area contributed by atoms with E-state index in [2.05, 4.69) is 5.32 Å². The molecule has 4 atom stereocenters. The maximum atomic E-state index is 12.5. The van der Waals surface area contributed by atoms with Gasteiger partial charge < -0.3 is 20.2 Å². The van der Waals surface area contributed by atoms with Gasteiger partial charge in [0.2, 0.25) is 0 Å². The molecule has 0 aromatic carbocycles. The van der Waals surface area contributed by atoms with E-state index in [1.807, 2.05) is 25.9 Å². The molecule has 6 heteroatoms. The molecule has 0 radical (unpaired) electrons. The average molecular weight is 297 g/mol. The first-order chi connectivity index (χ1) is 9.90. The Labute approximate surface area is 126 Å². The van der Waals surface area contributed by atoms with Gasteiger partial charge in [-0.15, -0.1) is 0 Å². The van der Waals surface area contributed by atoms with Crippen LogP contribution < -0.4 is 5.32 Å². The van der Waals surface area contributed by atoms with E-state index in [0.717, 1.165) is 32.2 Å². The van der Waals surface area contributed by atoms with E-state index < -0.39 is 12.0 Å². The van der Waals surface area contributed by atoms with E-state index >= 15 is 0 Å². The second-order valence-electron chi connectivity index (χ2n) is 6.72. The normalized spacial score (nSPS) is 30.1.